The molecule has 1 heteroatoms. The second kappa shape index (κ2) is 5.66. The highest BCUT2D eigenvalue weighted by Crippen LogP contribution is 2.54. The lowest BCUT2D eigenvalue weighted by Gasteiger charge is -2.21. The Morgan fingerprint density at radius 3 is 2.47 bits per heavy atom. The van der Waals surface area contributed by atoms with Gasteiger partial charge in [0.25, 0.3) is 0 Å². The quantitative estimate of drug-likeness (QED) is 0.805. The molecular weight excluding hydrogens is 230 g/mol. The molecule has 106 valence electrons. The summed E-state index contributed by atoms with van der Waals surface area (Å²) in [5.41, 5.74) is 4.85. The van der Waals surface area contributed by atoms with Crippen molar-refractivity contribution < 1.29 is 0 Å². The van der Waals surface area contributed by atoms with Gasteiger partial charge < -0.3 is 5.32 Å². The van der Waals surface area contributed by atoms with E-state index in [4.69, 9.17) is 0 Å². The first-order chi connectivity index (χ1) is 8.94. The maximum absolute atomic E-state index is 3.77. The molecule has 0 heterocycles. The van der Waals surface area contributed by atoms with Gasteiger partial charge in [0.2, 0.25) is 0 Å². The molecule has 2 unspecified atom stereocenters. The van der Waals surface area contributed by atoms with Crippen LogP contribution in [-0.2, 0) is 6.42 Å². The summed E-state index contributed by atoms with van der Waals surface area (Å²) in [6, 6.07) is 7.58. The normalized spacial score (nSPS) is 22.3. The van der Waals surface area contributed by atoms with Crippen LogP contribution in [0.4, 0.5) is 0 Å². The SMILES string of the molecule is CCCNC(Cc1ccc(C)c(C)c1)C1CC1(C)C. The Labute approximate surface area is 118 Å². The predicted molar refractivity (Wildman–Crippen MR) is 83.6 cm³/mol. The molecule has 0 aromatic heterocycles. The van der Waals surface area contributed by atoms with Gasteiger partial charge in [0.15, 0.2) is 0 Å². The van der Waals surface area contributed by atoms with Crippen molar-refractivity contribution in [2.24, 2.45) is 11.3 Å². The van der Waals surface area contributed by atoms with Gasteiger partial charge in [0, 0.05) is 6.04 Å². The van der Waals surface area contributed by atoms with Crippen molar-refractivity contribution in [3.8, 4) is 0 Å². The molecule has 1 N–H and O–H groups in total. The molecule has 1 nitrogen and oxygen atoms in total. The third kappa shape index (κ3) is 3.60. The molecular formula is C18H29N. The van der Waals surface area contributed by atoms with E-state index < -0.39 is 0 Å². The summed E-state index contributed by atoms with van der Waals surface area (Å²) in [4.78, 5) is 0. The molecule has 1 aliphatic carbocycles. The molecule has 0 saturated heterocycles. The summed E-state index contributed by atoms with van der Waals surface area (Å²) in [6.07, 6.45) is 3.77. The van der Waals surface area contributed by atoms with Crippen LogP contribution in [0, 0.1) is 25.2 Å². The molecule has 1 aliphatic rings. The van der Waals surface area contributed by atoms with E-state index in [-0.39, 0.29) is 0 Å². The zero-order valence-electron chi connectivity index (χ0n) is 13.2. The lowest BCUT2D eigenvalue weighted by Crippen LogP contribution is -2.35. The topological polar surface area (TPSA) is 12.0 Å². The summed E-state index contributed by atoms with van der Waals surface area (Å²) < 4.78 is 0. The van der Waals surface area contributed by atoms with E-state index in [2.05, 4.69) is 58.1 Å². The highest BCUT2D eigenvalue weighted by atomic mass is 14.9. The van der Waals surface area contributed by atoms with Crippen molar-refractivity contribution >= 4 is 0 Å². The van der Waals surface area contributed by atoms with Crippen LogP contribution >= 0.6 is 0 Å². The molecule has 1 aromatic carbocycles. The first kappa shape index (κ1) is 14.6. The average Bonchev–Trinajstić information content (AvgIpc) is 2.98. The van der Waals surface area contributed by atoms with Crippen molar-refractivity contribution in [2.75, 3.05) is 6.54 Å². The van der Waals surface area contributed by atoms with Crippen molar-refractivity contribution in [2.45, 2.75) is 59.9 Å². The van der Waals surface area contributed by atoms with Gasteiger partial charge in [-0.3, -0.25) is 0 Å². The van der Waals surface area contributed by atoms with Crippen LogP contribution in [0.2, 0.25) is 0 Å². The zero-order chi connectivity index (χ0) is 14.0. The van der Waals surface area contributed by atoms with Gasteiger partial charge in [-0.25, -0.2) is 0 Å². The highest BCUT2D eigenvalue weighted by Gasteiger charge is 2.49. The van der Waals surface area contributed by atoms with Crippen molar-refractivity contribution in [1.82, 2.24) is 5.32 Å². The summed E-state index contributed by atoms with van der Waals surface area (Å²) in [7, 11) is 0. The average molecular weight is 259 g/mol. The van der Waals surface area contributed by atoms with E-state index in [1.807, 2.05) is 0 Å². The number of aryl methyl sites for hydroxylation is 2. The zero-order valence-corrected chi connectivity index (χ0v) is 13.2. The molecule has 0 aliphatic heterocycles. The lowest BCUT2D eigenvalue weighted by molar-refractivity contribution is 0.402. The second-order valence-corrected chi connectivity index (χ2v) is 6.98. The van der Waals surface area contributed by atoms with E-state index in [0.29, 0.717) is 11.5 Å². The molecule has 1 saturated carbocycles. The number of hydrogen-bond acceptors (Lipinski definition) is 1. The Bertz CT molecular complexity index is 433. The minimum atomic E-state index is 0.547. The largest absolute Gasteiger partial charge is 0.313 e. The second-order valence-electron chi connectivity index (χ2n) is 6.98. The third-order valence-electron chi connectivity index (χ3n) is 4.76. The van der Waals surface area contributed by atoms with Gasteiger partial charge in [0.1, 0.15) is 0 Å². The van der Waals surface area contributed by atoms with Gasteiger partial charge in [-0.15, -0.1) is 0 Å². The lowest BCUT2D eigenvalue weighted by atomic mass is 9.95. The summed E-state index contributed by atoms with van der Waals surface area (Å²) >= 11 is 0. The fraction of sp³-hybridized carbons (Fsp3) is 0.667. The molecule has 2 rings (SSSR count). The highest BCUT2D eigenvalue weighted by molar-refractivity contribution is 5.30. The van der Waals surface area contributed by atoms with Crippen LogP contribution in [0.15, 0.2) is 18.2 Å². The molecule has 0 radical (unpaired) electrons. The molecule has 0 amide bonds. The Morgan fingerprint density at radius 2 is 1.95 bits per heavy atom. The summed E-state index contributed by atoms with van der Waals surface area (Å²) in [5, 5.41) is 3.77. The maximum atomic E-state index is 3.77. The fourth-order valence-corrected chi connectivity index (χ4v) is 3.07. The Balaban J connectivity index is 2.05. The number of rotatable bonds is 6. The van der Waals surface area contributed by atoms with Crippen molar-refractivity contribution in [3.05, 3.63) is 34.9 Å². The fourth-order valence-electron chi connectivity index (χ4n) is 3.07. The smallest absolute Gasteiger partial charge is 0.0141 e. The summed E-state index contributed by atoms with van der Waals surface area (Å²) in [5.74, 6) is 0.848. The molecule has 1 aromatic rings. The Kier molecular flexibility index (Phi) is 4.35. The van der Waals surface area contributed by atoms with Gasteiger partial charge >= 0.3 is 0 Å². The van der Waals surface area contributed by atoms with Gasteiger partial charge in [-0.2, -0.15) is 0 Å². The van der Waals surface area contributed by atoms with Crippen LogP contribution in [0.25, 0.3) is 0 Å². The van der Waals surface area contributed by atoms with Crippen LogP contribution in [0.1, 0.15) is 50.3 Å². The van der Waals surface area contributed by atoms with Gasteiger partial charge in [-0.05, 0) is 67.7 Å². The van der Waals surface area contributed by atoms with E-state index in [1.165, 1.54) is 36.0 Å². The van der Waals surface area contributed by atoms with Gasteiger partial charge in [-0.1, -0.05) is 39.0 Å². The van der Waals surface area contributed by atoms with Crippen LogP contribution < -0.4 is 5.32 Å². The molecule has 1 fully saturated rings. The minimum absolute atomic E-state index is 0.547. The minimum Gasteiger partial charge on any atom is -0.313 e. The number of benzene rings is 1. The van der Waals surface area contributed by atoms with Crippen molar-refractivity contribution in [3.63, 3.8) is 0 Å². The maximum Gasteiger partial charge on any atom is 0.0141 e. The Hall–Kier alpha value is -0.820. The molecule has 0 spiro atoms. The first-order valence-corrected chi connectivity index (χ1v) is 7.73. The molecule has 19 heavy (non-hydrogen) atoms. The van der Waals surface area contributed by atoms with Crippen LogP contribution in [0.3, 0.4) is 0 Å². The molecule has 0 bridgehead atoms. The van der Waals surface area contributed by atoms with E-state index in [0.717, 1.165) is 12.5 Å². The van der Waals surface area contributed by atoms with E-state index in [9.17, 15) is 0 Å². The first-order valence-electron chi connectivity index (χ1n) is 7.73. The summed E-state index contributed by atoms with van der Waals surface area (Å²) in [6.45, 7) is 12.6. The standard InChI is InChI=1S/C18H29N/c1-6-9-19-17(16-12-18(16,4)5)11-15-8-7-13(2)14(3)10-15/h7-8,10,16-17,19H,6,9,11-12H2,1-5H3. The Morgan fingerprint density at radius 1 is 1.26 bits per heavy atom. The van der Waals surface area contributed by atoms with E-state index >= 15 is 0 Å². The van der Waals surface area contributed by atoms with Gasteiger partial charge in [0.05, 0.1) is 0 Å². The third-order valence-corrected chi connectivity index (χ3v) is 4.76. The molecule has 2 atom stereocenters. The monoisotopic (exact) mass is 259 g/mol. The van der Waals surface area contributed by atoms with Crippen LogP contribution in [0.5, 0.6) is 0 Å². The van der Waals surface area contributed by atoms with E-state index in [1.54, 1.807) is 0 Å². The number of nitrogens with one attached hydrogen (secondary N) is 1. The van der Waals surface area contributed by atoms with Crippen molar-refractivity contribution in [1.29, 1.82) is 0 Å². The number of hydrogen-bond donors (Lipinski definition) is 1. The van der Waals surface area contributed by atoms with Crippen LogP contribution in [-0.4, -0.2) is 12.6 Å². The predicted octanol–water partition coefficient (Wildman–Crippen LogP) is 4.26.